The second-order valence-electron chi connectivity index (χ2n) is 5.99. The van der Waals surface area contributed by atoms with Gasteiger partial charge >= 0.3 is 0 Å². The Hall–Kier alpha value is -0.610. The Morgan fingerprint density at radius 3 is 2.33 bits per heavy atom. The molecule has 2 fully saturated rings. The van der Waals surface area contributed by atoms with Crippen LogP contribution in [0.4, 0.5) is 0 Å². The number of nitrogens with one attached hydrogen (secondary N) is 1. The number of hydrogen-bond acceptors (Lipinski definition) is 3. The van der Waals surface area contributed by atoms with E-state index in [9.17, 15) is 4.79 Å². The first-order valence-electron chi connectivity index (χ1n) is 7.37. The van der Waals surface area contributed by atoms with E-state index in [0.29, 0.717) is 12.5 Å². The van der Waals surface area contributed by atoms with Crippen molar-refractivity contribution in [1.29, 1.82) is 0 Å². The zero-order valence-electron chi connectivity index (χ0n) is 11.8. The lowest BCUT2D eigenvalue weighted by Crippen LogP contribution is -2.50. The summed E-state index contributed by atoms with van der Waals surface area (Å²) in [4.78, 5) is 16.5. The average Bonchev–Trinajstić information content (AvgIpc) is 2.40. The molecule has 0 aromatic rings. The van der Waals surface area contributed by atoms with Crippen LogP contribution < -0.4 is 5.32 Å². The lowest BCUT2D eigenvalue weighted by molar-refractivity contribution is -0.133. The van der Waals surface area contributed by atoms with Gasteiger partial charge in [0.25, 0.3) is 0 Å². The Bertz CT molecular complexity index is 266. The lowest BCUT2D eigenvalue weighted by atomic mass is 9.87. The third kappa shape index (κ3) is 3.69. The van der Waals surface area contributed by atoms with E-state index in [1.165, 1.54) is 12.8 Å². The summed E-state index contributed by atoms with van der Waals surface area (Å²) in [6, 6.07) is 0. The Labute approximate surface area is 111 Å². The van der Waals surface area contributed by atoms with Crippen LogP contribution in [-0.4, -0.2) is 61.5 Å². The Kier molecular flexibility index (Phi) is 5.01. The molecule has 0 aromatic heterocycles. The highest BCUT2D eigenvalue weighted by Gasteiger charge is 2.24. The predicted octanol–water partition coefficient (Wildman–Crippen LogP) is 0.786. The molecule has 2 rings (SSSR count). The first kappa shape index (κ1) is 13.8. The summed E-state index contributed by atoms with van der Waals surface area (Å²) in [5.74, 6) is 1.96. The van der Waals surface area contributed by atoms with Crippen LogP contribution in [0.5, 0.6) is 0 Å². The molecule has 0 aromatic carbocycles. The number of likely N-dealkylation sites (tertiary alicyclic amines) is 1. The standard InChI is InChI=1S/C14H27N3O/c1-12(2)13-3-7-16(8-4-13)11-14(18)17-9-5-15-6-10-17/h12-13,15H,3-11H2,1-2H3. The molecule has 1 N–H and O–H groups in total. The van der Waals surface area contributed by atoms with Gasteiger partial charge in [-0.05, 0) is 37.8 Å². The van der Waals surface area contributed by atoms with Gasteiger partial charge in [0.2, 0.25) is 5.91 Å². The summed E-state index contributed by atoms with van der Waals surface area (Å²) < 4.78 is 0. The molecule has 18 heavy (non-hydrogen) atoms. The summed E-state index contributed by atoms with van der Waals surface area (Å²) in [5.41, 5.74) is 0. The molecule has 0 bridgehead atoms. The van der Waals surface area contributed by atoms with Crippen molar-refractivity contribution in [2.75, 3.05) is 45.8 Å². The molecule has 0 atom stereocenters. The molecule has 2 aliphatic heterocycles. The molecule has 2 heterocycles. The van der Waals surface area contributed by atoms with E-state index in [1.54, 1.807) is 0 Å². The normalized spacial score (nSPS) is 23.6. The number of rotatable bonds is 3. The number of piperidine rings is 1. The summed E-state index contributed by atoms with van der Waals surface area (Å²) >= 11 is 0. The van der Waals surface area contributed by atoms with Crippen molar-refractivity contribution >= 4 is 5.91 Å². The third-order valence-corrected chi connectivity index (χ3v) is 4.40. The topological polar surface area (TPSA) is 35.6 Å². The van der Waals surface area contributed by atoms with Crippen LogP contribution in [0.3, 0.4) is 0 Å². The SMILES string of the molecule is CC(C)C1CCN(CC(=O)N2CCNCC2)CC1. The monoisotopic (exact) mass is 253 g/mol. The molecule has 0 spiro atoms. The second-order valence-corrected chi connectivity index (χ2v) is 5.99. The molecular weight excluding hydrogens is 226 g/mol. The summed E-state index contributed by atoms with van der Waals surface area (Å²) in [5, 5.41) is 3.28. The molecule has 0 saturated carbocycles. The van der Waals surface area contributed by atoms with Crippen LogP contribution in [-0.2, 0) is 4.79 Å². The fourth-order valence-corrected chi connectivity index (χ4v) is 2.98. The maximum atomic E-state index is 12.1. The third-order valence-electron chi connectivity index (χ3n) is 4.40. The van der Waals surface area contributed by atoms with Crippen LogP contribution >= 0.6 is 0 Å². The van der Waals surface area contributed by atoms with Crippen molar-refractivity contribution in [3.05, 3.63) is 0 Å². The van der Waals surface area contributed by atoms with Gasteiger partial charge in [0.1, 0.15) is 0 Å². The van der Waals surface area contributed by atoms with Gasteiger partial charge in [-0.1, -0.05) is 13.8 Å². The Morgan fingerprint density at radius 1 is 1.17 bits per heavy atom. The smallest absolute Gasteiger partial charge is 0.236 e. The maximum absolute atomic E-state index is 12.1. The van der Waals surface area contributed by atoms with E-state index < -0.39 is 0 Å². The van der Waals surface area contributed by atoms with E-state index in [-0.39, 0.29) is 0 Å². The van der Waals surface area contributed by atoms with Gasteiger partial charge in [0, 0.05) is 26.2 Å². The zero-order chi connectivity index (χ0) is 13.0. The van der Waals surface area contributed by atoms with E-state index in [0.717, 1.165) is 51.1 Å². The molecule has 0 unspecified atom stereocenters. The van der Waals surface area contributed by atoms with Crippen LogP contribution in [0.25, 0.3) is 0 Å². The number of carbonyl (C=O) groups is 1. The minimum atomic E-state index is 0.319. The predicted molar refractivity (Wildman–Crippen MR) is 73.5 cm³/mol. The number of piperazine rings is 1. The average molecular weight is 253 g/mol. The number of hydrogen-bond donors (Lipinski definition) is 1. The first-order chi connectivity index (χ1) is 8.66. The first-order valence-corrected chi connectivity index (χ1v) is 7.37. The minimum absolute atomic E-state index is 0.319. The quantitative estimate of drug-likeness (QED) is 0.807. The molecule has 4 heteroatoms. The van der Waals surface area contributed by atoms with Gasteiger partial charge in [0.05, 0.1) is 6.54 Å². The van der Waals surface area contributed by atoms with E-state index >= 15 is 0 Å². The maximum Gasteiger partial charge on any atom is 0.236 e. The Balaban J connectivity index is 1.72. The van der Waals surface area contributed by atoms with Crippen molar-refractivity contribution in [1.82, 2.24) is 15.1 Å². The van der Waals surface area contributed by atoms with Crippen molar-refractivity contribution < 1.29 is 4.79 Å². The fourth-order valence-electron chi connectivity index (χ4n) is 2.98. The van der Waals surface area contributed by atoms with Gasteiger partial charge in [-0.2, -0.15) is 0 Å². The van der Waals surface area contributed by atoms with Gasteiger partial charge in [-0.15, -0.1) is 0 Å². The molecule has 4 nitrogen and oxygen atoms in total. The second kappa shape index (κ2) is 6.53. The van der Waals surface area contributed by atoms with E-state index in [1.807, 2.05) is 4.90 Å². The van der Waals surface area contributed by atoms with Gasteiger partial charge < -0.3 is 10.2 Å². The number of nitrogens with zero attached hydrogens (tertiary/aromatic N) is 2. The largest absolute Gasteiger partial charge is 0.339 e. The Morgan fingerprint density at radius 2 is 1.78 bits per heavy atom. The van der Waals surface area contributed by atoms with Crippen molar-refractivity contribution in [3.8, 4) is 0 Å². The minimum Gasteiger partial charge on any atom is -0.339 e. The van der Waals surface area contributed by atoms with Crippen LogP contribution in [0.1, 0.15) is 26.7 Å². The van der Waals surface area contributed by atoms with Crippen LogP contribution in [0, 0.1) is 11.8 Å². The van der Waals surface area contributed by atoms with Crippen LogP contribution in [0.15, 0.2) is 0 Å². The van der Waals surface area contributed by atoms with E-state index in [4.69, 9.17) is 0 Å². The highest BCUT2D eigenvalue weighted by Crippen LogP contribution is 2.24. The molecule has 1 amide bonds. The molecule has 2 saturated heterocycles. The molecule has 104 valence electrons. The zero-order valence-corrected chi connectivity index (χ0v) is 11.8. The molecule has 2 aliphatic rings. The van der Waals surface area contributed by atoms with Crippen LogP contribution in [0.2, 0.25) is 0 Å². The number of amides is 1. The fraction of sp³-hybridized carbons (Fsp3) is 0.929. The summed E-state index contributed by atoms with van der Waals surface area (Å²) in [7, 11) is 0. The molecular formula is C14H27N3O. The van der Waals surface area contributed by atoms with E-state index in [2.05, 4.69) is 24.1 Å². The van der Waals surface area contributed by atoms with Crippen molar-refractivity contribution in [2.45, 2.75) is 26.7 Å². The van der Waals surface area contributed by atoms with Crippen molar-refractivity contribution in [2.24, 2.45) is 11.8 Å². The van der Waals surface area contributed by atoms with Crippen molar-refractivity contribution in [3.63, 3.8) is 0 Å². The highest BCUT2D eigenvalue weighted by atomic mass is 16.2. The highest BCUT2D eigenvalue weighted by molar-refractivity contribution is 5.78. The molecule has 0 radical (unpaired) electrons. The summed E-state index contributed by atoms with van der Waals surface area (Å²) in [6.45, 7) is 11.1. The number of carbonyl (C=O) groups excluding carboxylic acids is 1. The molecule has 0 aliphatic carbocycles. The summed E-state index contributed by atoms with van der Waals surface area (Å²) in [6.07, 6.45) is 2.51. The lowest BCUT2D eigenvalue weighted by Gasteiger charge is -2.35. The van der Waals surface area contributed by atoms with Gasteiger partial charge in [0.15, 0.2) is 0 Å². The van der Waals surface area contributed by atoms with Gasteiger partial charge in [-0.3, -0.25) is 9.69 Å². The van der Waals surface area contributed by atoms with Gasteiger partial charge in [-0.25, -0.2) is 0 Å².